The van der Waals surface area contributed by atoms with Crippen LogP contribution in [0.1, 0.15) is 40.0 Å². The van der Waals surface area contributed by atoms with E-state index in [1.807, 2.05) is 19.2 Å². The highest BCUT2D eigenvalue weighted by atomic mass is 16.1. The van der Waals surface area contributed by atoms with Crippen LogP contribution in [0, 0.1) is 5.41 Å². The highest BCUT2D eigenvalue weighted by Gasteiger charge is 2.34. The fraction of sp³-hybridized carbons (Fsp3) is 0.643. The first-order valence-electron chi connectivity index (χ1n) is 6.50. The number of nitrogens with zero attached hydrogens (tertiary/aromatic N) is 1. The maximum Gasteiger partial charge on any atom is 0.250 e. The summed E-state index contributed by atoms with van der Waals surface area (Å²) in [6, 6.07) is 4.06. The first kappa shape index (κ1) is 12.2. The monoisotopic (exact) mass is 234 g/mol. The molecule has 1 saturated carbocycles. The summed E-state index contributed by atoms with van der Waals surface area (Å²) in [6.45, 7) is 7.34. The molecule has 0 spiro atoms. The predicted molar refractivity (Wildman–Crippen MR) is 71.4 cm³/mol. The first-order valence-corrected chi connectivity index (χ1v) is 6.50. The van der Waals surface area contributed by atoms with Crippen molar-refractivity contribution in [1.29, 1.82) is 0 Å². The lowest BCUT2D eigenvalue weighted by molar-refractivity contribution is 0.350. The van der Waals surface area contributed by atoms with Crippen LogP contribution in [0.5, 0.6) is 0 Å². The van der Waals surface area contributed by atoms with Crippen molar-refractivity contribution in [2.24, 2.45) is 5.41 Å². The highest BCUT2D eigenvalue weighted by molar-refractivity contribution is 5.42. The van der Waals surface area contributed by atoms with Gasteiger partial charge in [-0.05, 0) is 31.2 Å². The van der Waals surface area contributed by atoms with Crippen LogP contribution in [0.3, 0.4) is 0 Å². The number of hydrogen-bond acceptors (Lipinski definition) is 2. The van der Waals surface area contributed by atoms with Crippen molar-refractivity contribution in [3.8, 4) is 0 Å². The van der Waals surface area contributed by atoms with Crippen LogP contribution in [0.25, 0.3) is 0 Å². The standard InChI is InChI=1S/C14H22N2O/c1-4-16-10-11(7-8-13(16)17)15-12-6-5-9-14(12,2)3/h7-8,10,12,15H,4-6,9H2,1-3H3. The third kappa shape index (κ3) is 2.54. The van der Waals surface area contributed by atoms with Crippen molar-refractivity contribution in [1.82, 2.24) is 4.57 Å². The molecule has 1 aromatic heterocycles. The van der Waals surface area contributed by atoms with Crippen LogP contribution in [0.15, 0.2) is 23.1 Å². The molecule has 0 radical (unpaired) electrons. The summed E-state index contributed by atoms with van der Waals surface area (Å²) in [7, 11) is 0. The van der Waals surface area contributed by atoms with Gasteiger partial charge in [-0.2, -0.15) is 0 Å². The lowest BCUT2D eigenvalue weighted by atomic mass is 9.87. The molecule has 1 heterocycles. The molecule has 1 unspecified atom stereocenters. The van der Waals surface area contributed by atoms with Crippen molar-refractivity contribution in [2.75, 3.05) is 5.32 Å². The number of anilines is 1. The maximum absolute atomic E-state index is 11.5. The zero-order valence-electron chi connectivity index (χ0n) is 11.0. The predicted octanol–water partition coefficient (Wildman–Crippen LogP) is 2.86. The molecule has 1 aliphatic carbocycles. The Morgan fingerprint density at radius 1 is 1.47 bits per heavy atom. The van der Waals surface area contributed by atoms with Crippen molar-refractivity contribution >= 4 is 5.69 Å². The van der Waals surface area contributed by atoms with E-state index in [4.69, 9.17) is 0 Å². The Hall–Kier alpha value is -1.25. The van der Waals surface area contributed by atoms with E-state index in [2.05, 4.69) is 19.2 Å². The lowest BCUT2D eigenvalue weighted by Crippen LogP contribution is -2.31. The van der Waals surface area contributed by atoms with Gasteiger partial charge in [0.05, 0.1) is 5.69 Å². The number of hydrogen-bond donors (Lipinski definition) is 1. The van der Waals surface area contributed by atoms with Crippen LogP contribution in [0.2, 0.25) is 0 Å². The average molecular weight is 234 g/mol. The Balaban J connectivity index is 2.16. The van der Waals surface area contributed by atoms with Crippen molar-refractivity contribution < 1.29 is 0 Å². The summed E-state index contributed by atoms with van der Waals surface area (Å²) in [5.74, 6) is 0. The molecule has 2 rings (SSSR count). The van der Waals surface area contributed by atoms with Crippen LogP contribution < -0.4 is 10.9 Å². The summed E-state index contributed by atoms with van der Waals surface area (Å²) in [5, 5.41) is 3.57. The molecule has 1 fully saturated rings. The molecule has 1 atom stereocenters. The second kappa shape index (κ2) is 4.55. The minimum Gasteiger partial charge on any atom is -0.381 e. The summed E-state index contributed by atoms with van der Waals surface area (Å²) >= 11 is 0. The van der Waals surface area contributed by atoms with Crippen molar-refractivity contribution in [3.63, 3.8) is 0 Å². The first-order chi connectivity index (χ1) is 8.03. The van der Waals surface area contributed by atoms with Gasteiger partial charge in [-0.15, -0.1) is 0 Å². The van der Waals surface area contributed by atoms with E-state index in [-0.39, 0.29) is 5.56 Å². The smallest absolute Gasteiger partial charge is 0.250 e. The Morgan fingerprint density at radius 3 is 2.82 bits per heavy atom. The van der Waals surface area contributed by atoms with Gasteiger partial charge in [0, 0.05) is 24.8 Å². The number of rotatable bonds is 3. The van der Waals surface area contributed by atoms with Gasteiger partial charge in [0.1, 0.15) is 0 Å². The maximum atomic E-state index is 11.5. The van der Waals surface area contributed by atoms with E-state index in [9.17, 15) is 4.79 Å². The third-order valence-corrected chi connectivity index (χ3v) is 3.92. The van der Waals surface area contributed by atoms with Crippen molar-refractivity contribution in [2.45, 2.75) is 52.6 Å². The molecule has 0 aromatic carbocycles. The van der Waals surface area contributed by atoms with Crippen LogP contribution in [-0.2, 0) is 6.54 Å². The summed E-state index contributed by atoms with van der Waals surface area (Å²) < 4.78 is 1.74. The quantitative estimate of drug-likeness (QED) is 0.872. The van der Waals surface area contributed by atoms with Gasteiger partial charge in [0.2, 0.25) is 0 Å². The molecule has 17 heavy (non-hydrogen) atoms. The SMILES string of the molecule is CCn1cc(NC2CCCC2(C)C)ccc1=O. The van der Waals surface area contributed by atoms with Crippen molar-refractivity contribution in [3.05, 3.63) is 28.7 Å². The Morgan fingerprint density at radius 2 is 2.24 bits per heavy atom. The molecule has 3 heteroatoms. The van der Waals surface area contributed by atoms with E-state index in [1.165, 1.54) is 19.3 Å². The molecule has 0 aliphatic heterocycles. The van der Waals surface area contributed by atoms with Gasteiger partial charge < -0.3 is 9.88 Å². The van der Waals surface area contributed by atoms with Gasteiger partial charge in [-0.1, -0.05) is 20.3 Å². The summed E-state index contributed by atoms with van der Waals surface area (Å²) in [5.41, 5.74) is 1.49. The number of aromatic nitrogens is 1. The number of pyridine rings is 1. The van der Waals surface area contributed by atoms with E-state index in [0.717, 1.165) is 12.2 Å². The van der Waals surface area contributed by atoms with E-state index >= 15 is 0 Å². The average Bonchev–Trinajstić information content (AvgIpc) is 2.61. The minimum absolute atomic E-state index is 0.0729. The van der Waals surface area contributed by atoms with Crippen LogP contribution in [-0.4, -0.2) is 10.6 Å². The molecule has 1 N–H and O–H groups in total. The van der Waals surface area contributed by atoms with Gasteiger partial charge in [0.15, 0.2) is 0 Å². The largest absolute Gasteiger partial charge is 0.381 e. The second-order valence-electron chi connectivity index (χ2n) is 5.62. The number of aryl methyl sites for hydroxylation is 1. The second-order valence-corrected chi connectivity index (χ2v) is 5.62. The zero-order chi connectivity index (χ0) is 12.5. The normalized spacial score (nSPS) is 22.6. The highest BCUT2D eigenvalue weighted by Crippen LogP contribution is 2.38. The van der Waals surface area contributed by atoms with E-state index in [1.54, 1.807) is 10.6 Å². The van der Waals surface area contributed by atoms with Gasteiger partial charge in [-0.3, -0.25) is 4.79 Å². The lowest BCUT2D eigenvalue weighted by Gasteiger charge is -2.28. The molecule has 1 aliphatic rings. The minimum atomic E-state index is 0.0729. The molecule has 1 aromatic rings. The van der Waals surface area contributed by atoms with E-state index in [0.29, 0.717) is 11.5 Å². The summed E-state index contributed by atoms with van der Waals surface area (Å²) in [6.07, 6.45) is 5.71. The topological polar surface area (TPSA) is 34.0 Å². The zero-order valence-corrected chi connectivity index (χ0v) is 11.0. The fourth-order valence-corrected chi connectivity index (χ4v) is 2.66. The van der Waals surface area contributed by atoms with Gasteiger partial charge in [-0.25, -0.2) is 0 Å². The molecule has 0 amide bonds. The molecule has 0 bridgehead atoms. The molecular weight excluding hydrogens is 212 g/mol. The van der Waals surface area contributed by atoms with E-state index < -0.39 is 0 Å². The fourth-order valence-electron chi connectivity index (χ4n) is 2.66. The molecule has 3 nitrogen and oxygen atoms in total. The van der Waals surface area contributed by atoms with Gasteiger partial charge >= 0.3 is 0 Å². The molecular formula is C14H22N2O. The third-order valence-electron chi connectivity index (χ3n) is 3.92. The Kier molecular flexibility index (Phi) is 3.27. The van der Waals surface area contributed by atoms with Crippen LogP contribution >= 0.6 is 0 Å². The molecule has 94 valence electrons. The van der Waals surface area contributed by atoms with Crippen LogP contribution in [0.4, 0.5) is 5.69 Å². The summed E-state index contributed by atoms with van der Waals surface area (Å²) in [4.78, 5) is 11.5. The van der Waals surface area contributed by atoms with Gasteiger partial charge in [0.25, 0.3) is 5.56 Å². The Bertz CT molecular complexity index is 448. The molecule has 0 saturated heterocycles. The Labute approximate surface area is 103 Å². The number of nitrogens with one attached hydrogen (secondary N) is 1.